The van der Waals surface area contributed by atoms with Crippen LogP contribution >= 0.6 is 0 Å². The maximum absolute atomic E-state index is 12.3. The number of hydrogen-bond acceptors (Lipinski definition) is 5. The monoisotopic (exact) mass is 537 g/mol. The second-order valence-corrected chi connectivity index (χ2v) is 8.92. The van der Waals surface area contributed by atoms with Crippen molar-refractivity contribution in [3.05, 3.63) is 90.6 Å². The molecule has 0 bridgehead atoms. The van der Waals surface area contributed by atoms with Gasteiger partial charge in [-0.2, -0.15) is 0 Å². The Hall–Kier alpha value is -3.38. The number of esters is 1. The van der Waals surface area contributed by atoms with E-state index in [0.29, 0.717) is 13.0 Å². The minimum Gasteiger partial charge on any atom is -0.507 e. The van der Waals surface area contributed by atoms with Crippen molar-refractivity contribution < 1.29 is 24.2 Å². The summed E-state index contributed by atoms with van der Waals surface area (Å²) in [6.45, 7) is 4.77. The van der Waals surface area contributed by atoms with E-state index >= 15 is 0 Å². The lowest BCUT2D eigenvalue weighted by atomic mass is 10.2. The van der Waals surface area contributed by atoms with Crippen LogP contribution in [-0.2, 0) is 14.3 Å². The summed E-state index contributed by atoms with van der Waals surface area (Å²) in [7, 11) is 0. The largest absolute Gasteiger partial charge is 0.507 e. The fourth-order valence-electron chi connectivity index (χ4n) is 3.49. The van der Waals surface area contributed by atoms with Gasteiger partial charge in [0.1, 0.15) is 24.0 Å². The Morgan fingerprint density at radius 3 is 2.00 bits per heavy atom. The SMILES string of the molecule is CCC=CCC=CCC=CCC=CCC=CCCCCO[C@@H](CC)C(=O)NCCOC(=O)c1ccccc1O. The maximum atomic E-state index is 12.3. The van der Waals surface area contributed by atoms with Gasteiger partial charge in [-0.25, -0.2) is 4.79 Å². The Balaban J connectivity index is 2.05. The Bertz CT molecular complexity index is 945. The molecule has 6 nitrogen and oxygen atoms in total. The maximum Gasteiger partial charge on any atom is 0.341 e. The summed E-state index contributed by atoms with van der Waals surface area (Å²) >= 11 is 0. The molecule has 214 valence electrons. The molecule has 0 radical (unpaired) electrons. The number of ether oxygens (including phenoxy) is 2. The van der Waals surface area contributed by atoms with Crippen molar-refractivity contribution in [2.45, 2.75) is 77.7 Å². The molecule has 0 saturated carbocycles. The van der Waals surface area contributed by atoms with E-state index in [9.17, 15) is 14.7 Å². The molecule has 39 heavy (non-hydrogen) atoms. The summed E-state index contributed by atoms with van der Waals surface area (Å²) in [4.78, 5) is 24.3. The molecule has 0 saturated heterocycles. The smallest absolute Gasteiger partial charge is 0.341 e. The number of phenols is 1. The van der Waals surface area contributed by atoms with Gasteiger partial charge in [-0.3, -0.25) is 4.79 Å². The van der Waals surface area contributed by atoms with E-state index in [1.807, 2.05) is 6.92 Å². The van der Waals surface area contributed by atoms with Crippen LogP contribution in [0.4, 0.5) is 0 Å². The number of allylic oxidation sites excluding steroid dienone is 10. The number of nitrogens with one attached hydrogen (secondary N) is 1. The first kappa shape index (κ1) is 33.6. The van der Waals surface area contributed by atoms with Crippen molar-refractivity contribution in [3.8, 4) is 5.75 Å². The number of phenolic OH excluding ortho intramolecular Hbond substituents is 1. The summed E-state index contributed by atoms with van der Waals surface area (Å²) in [6, 6.07) is 6.18. The highest BCUT2D eigenvalue weighted by Crippen LogP contribution is 2.16. The van der Waals surface area contributed by atoms with Gasteiger partial charge < -0.3 is 19.9 Å². The van der Waals surface area contributed by atoms with Crippen LogP contribution in [0.2, 0.25) is 0 Å². The van der Waals surface area contributed by atoms with E-state index in [1.165, 1.54) is 12.1 Å². The summed E-state index contributed by atoms with van der Waals surface area (Å²) in [5, 5.41) is 12.4. The van der Waals surface area contributed by atoms with E-state index in [1.54, 1.807) is 12.1 Å². The van der Waals surface area contributed by atoms with Crippen molar-refractivity contribution in [2.24, 2.45) is 0 Å². The Labute approximate surface area is 235 Å². The number of carbonyl (C=O) groups is 2. The highest BCUT2D eigenvalue weighted by molar-refractivity contribution is 5.92. The molecular weight excluding hydrogens is 490 g/mol. The van der Waals surface area contributed by atoms with Gasteiger partial charge in [0.15, 0.2) is 0 Å². The average Bonchev–Trinajstić information content (AvgIpc) is 2.94. The molecule has 0 heterocycles. The molecule has 0 spiro atoms. The average molecular weight is 538 g/mol. The van der Waals surface area contributed by atoms with Crippen LogP contribution in [0.25, 0.3) is 0 Å². The molecular formula is C33H47NO5. The first-order valence-electron chi connectivity index (χ1n) is 14.2. The first-order chi connectivity index (χ1) is 19.1. The van der Waals surface area contributed by atoms with Gasteiger partial charge in [-0.1, -0.05) is 86.7 Å². The second-order valence-electron chi connectivity index (χ2n) is 8.92. The molecule has 0 aliphatic carbocycles. The fraction of sp³-hybridized carbons (Fsp3) is 0.455. The second kappa shape index (κ2) is 23.7. The van der Waals surface area contributed by atoms with Gasteiger partial charge in [0, 0.05) is 6.61 Å². The summed E-state index contributed by atoms with van der Waals surface area (Å²) in [5.41, 5.74) is 0.100. The molecule has 6 heteroatoms. The normalized spacial score (nSPS) is 12.9. The lowest BCUT2D eigenvalue weighted by Gasteiger charge is -2.16. The van der Waals surface area contributed by atoms with Gasteiger partial charge in [0.25, 0.3) is 0 Å². The molecule has 1 rings (SSSR count). The van der Waals surface area contributed by atoms with E-state index in [2.05, 4.69) is 73.0 Å². The van der Waals surface area contributed by atoms with Crippen molar-refractivity contribution >= 4 is 11.9 Å². The lowest BCUT2D eigenvalue weighted by Crippen LogP contribution is -2.38. The lowest BCUT2D eigenvalue weighted by molar-refractivity contribution is -0.133. The number of aromatic hydroxyl groups is 1. The molecule has 1 amide bonds. The third-order valence-corrected chi connectivity index (χ3v) is 5.66. The number of rotatable bonds is 21. The molecule has 1 aromatic carbocycles. The van der Waals surface area contributed by atoms with Crippen molar-refractivity contribution in [1.82, 2.24) is 5.32 Å². The number of amides is 1. The third kappa shape index (κ3) is 17.7. The van der Waals surface area contributed by atoms with E-state index in [0.717, 1.165) is 51.4 Å². The summed E-state index contributed by atoms with van der Waals surface area (Å²) < 4.78 is 10.8. The number of hydrogen-bond donors (Lipinski definition) is 2. The highest BCUT2D eigenvalue weighted by Gasteiger charge is 2.17. The highest BCUT2D eigenvalue weighted by atomic mass is 16.5. The van der Waals surface area contributed by atoms with Crippen molar-refractivity contribution in [1.29, 1.82) is 0 Å². The Morgan fingerprint density at radius 1 is 0.821 bits per heavy atom. The number of unbranched alkanes of at least 4 members (excludes halogenated alkanes) is 2. The number of para-hydroxylation sites is 1. The molecule has 0 aromatic heterocycles. The van der Waals surface area contributed by atoms with Crippen LogP contribution in [0.1, 0.15) is 82.0 Å². The predicted molar refractivity (Wildman–Crippen MR) is 160 cm³/mol. The Kier molecular flexibility index (Phi) is 20.5. The number of benzene rings is 1. The zero-order valence-electron chi connectivity index (χ0n) is 23.7. The van der Waals surface area contributed by atoms with E-state index in [-0.39, 0.29) is 30.4 Å². The van der Waals surface area contributed by atoms with E-state index in [4.69, 9.17) is 9.47 Å². The molecule has 1 atom stereocenters. The molecule has 0 aliphatic heterocycles. The van der Waals surface area contributed by atoms with Crippen LogP contribution < -0.4 is 5.32 Å². The minimum atomic E-state index is -0.627. The topological polar surface area (TPSA) is 84.9 Å². The summed E-state index contributed by atoms with van der Waals surface area (Å²) in [5.74, 6) is -0.973. The zero-order valence-corrected chi connectivity index (χ0v) is 23.7. The van der Waals surface area contributed by atoms with Gasteiger partial charge >= 0.3 is 5.97 Å². The van der Waals surface area contributed by atoms with E-state index < -0.39 is 12.1 Å². The van der Waals surface area contributed by atoms with Crippen LogP contribution in [0.15, 0.2) is 85.0 Å². The minimum absolute atomic E-state index is 0.0165. The molecule has 0 unspecified atom stereocenters. The van der Waals surface area contributed by atoms with Crippen LogP contribution in [0, 0.1) is 0 Å². The standard InChI is InChI=1S/C33H47NO5/c1-3-5-6-7-8-9-10-11-12-13-14-15-16-17-18-19-20-23-27-38-31(4-2)32(36)34-26-28-39-33(37)29-24-21-22-25-30(29)35/h5-6,8-9,11-12,14-15,17-18,21-22,24-25,31,35H,3-4,7,10,13,16,19-20,23,26-28H2,1-2H3,(H,34,36)/t31-/m0/s1. The third-order valence-electron chi connectivity index (χ3n) is 5.66. The van der Waals surface area contributed by atoms with Crippen molar-refractivity contribution in [2.75, 3.05) is 19.8 Å². The molecule has 1 aromatic rings. The fourth-order valence-corrected chi connectivity index (χ4v) is 3.49. The molecule has 0 fully saturated rings. The zero-order chi connectivity index (χ0) is 28.4. The number of carbonyl (C=O) groups excluding carboxylic acids is 2. The first-order valence-corrected chi connectivity index (χ1v) is 14.2. The summed E-state index contributed by atoms with van der Waals surface area (Å²) in [6.07, 6.45) is 29.9. The van der Waals surface area contributed by atoms with Crippen molar-refractivity contribution in [3.63, 3.8) is 0 Å². The van der Waals surface area contributed by atoms with Crippen LogP contribution in [-0.4, -0.2) is 42.8 Å². The van der Waals surface area contributed by atoms with Gasteiger partial charge in [-0.15, -0.1) is 0 Å². The Morgan fingerprint density at radius 2 is 1.41 bits per heavy atom. The van der Waals surface area contributed by atoms with Gasteiger partial charge in [0.2, 0.25) is 5.91 Å². The molecule has 2 N–H and O–H groups in total. The van der Waals surface area contributed by atoms with Gasteiger partial charge in [-0.05, 0) is 69.9 Å². The molecule has 0 aliphatic rings. The van der Waals surface area contributed by atoms with Crippen LogP contribution in [0.5, 0.6) is 5.75 Å². The predicted octanol–water partition coefficient (Wildman–Crippen LogP) is 7.38. The van der Waals surface area contributed by atoms with Gasteiger partial charge in [0.05, 0.1) is 6.54 Å². The van der Waals surface area contributed by atoms with Crippen LogP contribution in [0.3, 0.4) is 0 Å². The quantitative estimate of drug-likeness (QED) is 0.0971.